The van der Waals surface area contributed by atoms with Crippen molar-refractivity contribution in [2.75, 3.05) is 20.8 Å². The van der Waals surface area contributed by atoms with Gasteiger partial charge in [0.25, 0.3) is 0 Å². The van der Waals surface area contributed by atoms with E-state index in [1.165, 1.54) is 0 Å². The molecule has 0 radical (unpaired) electrons. The van der Waals surface area contributed by atoms with Crippen molar-refractivity contribution in [1.82, 2.24) is 5.32 Å². The Kier molecular flexibility index (Phi) is 7.75. The lowest BCUT2D eigenvalue weighted by atomic mass is 10.1. The number of carbonyl (C=O) groups excluding carboxylic acids is 1. The van der Waals surface area contributed by atoms with E-state index >= 15 is 0 Å². The van der Waals surface area contributed by atoms with E-state index in [2.05, 4.69) is 12.2 Å². The molecule has 5 heteroatoms. The molecule has 0 aliphatic heterocycles. The number of benzene rings is 1. The highest BCUT2D eigenvalue weighted by Gasteiger charge is 2.12. The van der Waals surface area contributed by atoms with E-state index in [1.54, 1.807) is 14.2 Å². The molecular formula is C16H23NO3S. The molecule has 0 heterocycles. The minimum atomic E-state index is 0.0474. The molecule has 0 saturated heterocycles. The van der Waals surface area contributed by atoms with Gasteiger partial charge in [-0.25, -0.2) is 0 Å². The Morgan fingerprint density at radius 3 is 2.38 bits per heavy atom. The van der Waals surface area contributed by atoms with Gasteiger partial charge in [-0.3, -0.25) is 4.79 Å². The van der Waals surface area contributed by atoms with E-state index in [1.807, 2.05) is 18.2 Å². The zero-order valence-corrected chi connectivity index (χ0v) is 13.7. The number of hydrogen-bond donors (Lipinski definition) is 1. The standard InChI is InChI=1S/C16H23NO3S/c1-4-5-9-16(18)17-11-12(21)10-13-14(19-2)7-6-8-15(13)20-3/h6-8H,4-5,9-11H2,1-3H3,(H,17,18). The van der Waals surface area contributed by atoms with Gasteiger partial charge in [-0.05, 0) is 18.6 Å². The lowest BCUT2D eigenvalue weighted by Gasteiger charge is -2.13. The van der Waals surface area contributed by atoms with Crippen LogP contribution in [-0.2, 0) is 11.2 Å². The Labute approximate surface area is 131 Å². The molecule has 0 fully saturated rings. The van der Waals surface area contributed by atoms with E-state index in [9.17, 15) is 4.79 Å². The van der Waals surface area contributed by atoms with Crippen LogP contribution in [0.3, 0.4) is 0 Å². The summed E-state index contributed by atoms with van der Waals surface area (Å²) < 4.78 is 10.7. The third-order valence-corrected chi connectivity index (χ3v) is 3.43. The van der Waals surface area contributed by atoms with Crippen molar-refractivity contribution in [2.24, 2.45) is 0 Å². The van der Waals surface area contributed by atoms with Gasteiger partial charge in [0.1, 0.15) is 11.5 Å². The number of thiocarbonyl (C=S) groups is 1. The fourth-order valence-electron chi connectivity index (χ4n) is 1.98. The number of nitrogens with one attached hydrogen (secondary N) is 1. The molecular weight excluding hydrogens is 286 g/mol. The van der Waals surface area contributed by atoms with Crippen molar-refractivity contribution >= 4 is 23.0 Å². The summed E-state index contributed by atoms with van der Waals surface area (Å²) in [7, 11) is 3.24. The number of rotatable bonds is 9. The molecule has 4 nitrogen and oxygen atoms in total. The van der Waals surface area contributed by atoms with Crippen LogP contribution in [0.4, 0.5) is 0 Å². The normalized spacial score (nSPS) is 10.0. The van der Waals surface area contributed by atoms with Gasteiger partial charge >= 0.3 is 0 Å². The maximum absolute atomic E-state index is 11.6. The summed E-state index contributed by atoms with van der Waals surface area (Å²) >= 11 is 5.36. The fraction of sp³-hybridized carbons (Fsp3) is 0.500. The summed E-state index contributed by atoms with van der Waals surface area (Å²) in [6.45, 7) is 2.46. The monoisotopic (exact) mass is 309 g/mol. The van der Waals surface area contributed by atoms with Crippen LogP contribution in [0.15, 0.2) is 18.2 Å². The summed E-state index contributed by atoms with van der Waals surface area (Å²) in [5.74, 6) is 1.54. The highest BCUT2D eigenvalue weighted by atomic mass is 32.1. The maximum Gasteiger partial charge on any atom is 0.220 e. The number of hydrogen-bond acceptors (Lipinski definition) is 4. The molecule has 0 atom stereocenters. The maximum atomic E-state index is 11.6. The predicted octanol–water partition coefficient (Wildman–Crippen LogP) is 2.92. The molecule has 0 bridgehead atoms. The topological polar surface area (TPSA) is 47.6 Å². The number of methoxy groups -OCH3 is 2. The molecule has 0 unspecified atom stereocenters. The van der Waals surface area contributed by atoms with Crippen molar-refractivity contribution in [3.05, 3.63) is 23.8 Å². The number of ether oxygens (including phenoxy) is 2. The Morgan fingerprint density at radius 2 is 1.86 bits per heavy atom. The van der Waals surface area contributed by atoms with Crippen LogP contribution >= 0.6 is 12.2 Å². The first-order valence-corrected chi connectivity index (χ1v) is 7.51. The van der Waals surface area contributed by atoms with Crippen LogP contribution in [0, 0.1) is 0 Å². The first-order valence-electron chi connectivity index (χ1n) is 7.10. The molecule has 0 aliphatic rings. The van der Waals surface area contributed by atoms with Gasteiger partial charge in [0.05, 0.1) is 14.2 Å². The Hall–Kier alpha value is -1.62. The summed E-state index contributed by atoms with van der Waals surface area (Å²) in [4.78, 5) is 12.3. The number of unbranched alkanes of at least 4 members (excludes halogenated alkanes) is 1. The molecule has 0 aromatic heterocycles. The number of carbonyl (C=O) groups is 1. The quantitative estimate of drug-likeness (QED) is 0.713. The first kappa shape index (κ1) is 17.4. The zero-order valence-electron chi connectivity index (χ0n) is 12.9. The average Bonchev–Trinajstić information content (AvgIpc) is 2.51. The molecule has 1 aromatic rings. The van der Waals surface area contributed by atoms with Gasteiger partial charge in [-0.1, -0.05) is 31.6 Å². The van der Waals surface area contributed by atoms with E-state index in [0.29, 0.717) is 19.4 Å². The third-order valence-electron chi connectivity index (χ3n) is 3.14. The van der Waals surface area contributed by atoms with Gasteiger partial charge in [0, 0.05) is 29.8 Å². The van der Waals surface area contributed by atoms with Crippen molar-refractivity contribution in [3.8, 4) is 11.5 Å². The van der Waals surface area contributed by atoms with E-state index in [4.69, 9.17) is 21.7 Å². The highest BCUT2D eigenvalue weighted by molar-refractivity contribution is 7.80. The van der Waals surface area contributed by atoms with Gasteiger partial charge in [-0.2, -0.15) is 0 Å². The zero-order chi connectivity index (χ0) is 15.7. The van der Waals surface area contributed by atoms with Crippen LogP contribution in [0.1, 0.15) is 31.7 Å². The molecule has 116 valence electrons. The Morgan fingerprint density at radius 1 is 1.24 bits per heavy atom. The van der Waals surface area contributed by atoms with Gasteiger partial charge < -0.3 is 14.8 Å². The average molecular weight is 309 g/mol. The molecule has 0 spiro atoms. The molecule has 21 heavy (non-hydrogen) atoms. The fourth-order valence-corrected chi connectivity index (χ4v) is 2.20. The van der Waals surface area contributed by atoms with Crippen LogP contribution in [-0.4, -0.2) is 31.5 Å². The minimum absolute atomic E-state index is 0.0474. The summed E-state index contributed by atoms with van der Waals surface area (Å²) in [5.41, 5.74) is 0.912. The van der Waals surface area contributed by atoms with Crippen LogP contribution in [0.2, 0.25) is 0 Å². The van der Waals surface area contributed by atoms with Crippen molar-refractivity contribution in [3.63, 3.8) is 0 Å². The van der Waals surface area contributed by atoms with E-state index in [-0.39, 0.29) is 5.91 Å². The van der Waals surface area contributed by atoms with Crippen LogP contribution in [0.5, 0.6) is 11.5 Å². The summed E-state index contributed by atoms with van der Waals surface area (Å²) in [6.07, 6.45) is 3.00. The molecule has 1 rings (SSSR count). The second-order valence-electron chi connectivity index (χ2n) is 4.74. The predicted molar refractivity (Wildman–Crippen MR) is 88.4 cm³/mol. The van der Waals surface area contributed by atoms with Gasteiger partial charge in [-0.15, -0.1) is 0 Å². The minimum Gasteiger partial charge on any atom is -0.496 e. The SMILES string of the molecule is CCCCC(=O)NCC(=S)Cc1c(OC)cccc1OC. The van der Waals surface area contributed by atoms with E-state index < -0.39 is 0 Å². The molecule has 0 saturated carbocycles. The van der Waals surface area contributed by atoms with Crippen LogP contribution in [0.25, 0.3) is 0 Å². The van der Waals surface area contributed by atoms with Gasteiger partial charge in [0.15, 0.2) is 0 Å². The third kappa shape index (κ3) is 5.71. The van der Waals surface area contributed by atoms with Crippen LogP contribution < -0.4 is 14.8 Å². The Balaban J connectivity index is 2.60. The summed E-state index contributed by atoms with van der Waals surface area (Å²) in [6, 6.07) is 5.62. The Bertz CT molecular complexity index is 466. The second-order valence-corrected chi connectivity index (χ2v) is 5.31. The lowest BCUT2D eigenvalue weighted by Crippen LogP contribution is -2.29. The highest BCUT2D eigenvalue weighted by Crippen LogP contribution is 2.28. The molecule has 1 N–H and O–H groups in total. The van der Waals surface area contributed by atoms with Crippen molar-refractivity contribution < 1.29 is 14.3 Å². The lowest BCUT2D eigenvalue weighted by molar-refractivity contribution is -0.120. The molecule has 1 amide bonds. The molecule has 0 aliphatic carbocycles. The summed E-state index contributed by atoms with van der Waals surface area (Å²) in [5, 5.41) is 2.85. The largest absolute Gasteiger partial charge is 0.496 e. The van der Waals surface area contributed by atoms with Crippen molar-refractivity contribution in [1.29, 1.82) is 0 Å². The smallest absolute Gasteiger partial charge is 0.220 e. The second kappa shape index (κ2) is 9.34. The number of amides is 1. The first-order chi connectivity index (χ1) is 10.1. The van der Waals surface area contributed by atoms with Crippen molar-refractivity contribution in [2.45, 2.75) is 32.6 Å². The molecule has 1 aromatic carbocycles. The van der Waals surface area contributed by atoms with Gasteiger partial charge in [0.2, 0.25) is 5.91 Å². The van der Waals surface area contributed by atoms with E-state index in [0.717, 1.165) is 34.8 Å².